The molecule has 0 bridgehead atoms. The molecule has 0 aliphatic heterocycles. The normalized spacial score (nSPS) is 16.7. The van der Waals surface area contributed by atoms with Crippen LogP contribution in [0.2, 0.25) is 5.02 Å². The van der Waals surface area contributed by atoms with Gasteiger partial charge in [-0.05, 0) is 38.1 Å². The van der Waals surface area contributed by atoms with E-state index in [1.54, 1.807) is 0 Å². The second kappa shape index (κ2) is 6.96. The van der Waals surface area contributed by atoms with Crippen molar-refractivity contribution in [3.8, 4) is 0 Å². The molecule has 0 amide bonds. The Kier molecular flexibility index (Phi) is 5.48. The van der Waals surface area contributed by atoms with Crippen molar-refractivity contribution in [1.29, 1.82) is 0 Å². The highest BCUT2D eigenvalue weighted by Gasteiger charge is 2.21. The Morgan fingerprint density at radius 1 is 1.38 bits per heavy atom. The van der Waals surface area contributed by atoms with Crippen molar-refractivity contribution in [3.05, 3.63) is 23.2 Å². The van der Waals surface area contributed by atoms with Gasteiger partial charge in [0.25, 0.3) is 0 Å². The predicted octanol–water partition coefficient (Wildman–Crippen LogP) is 2.07. The third kappa shape index (κ3) is 4.32. The molecule has 0 radical (unpaired) electrons. The summed E-state index contributed by atoms with van der Waals surface area (Å²) in [5.41, 5.74) is 5.89. The third-order valence-corrected chi connectivity index (χ3v) is 5.74. The van der Waals surface area contributed by atoms with Gasteiger partial charge in [-0.1, -0.05) is 24.4 Å². The van der Waals surface area contributed by atoms with Crippen LogP contribution >= 0.6 is 11.6 Å². The van der Waals surface area contributed by atoms with Gasteiger partial charge in [0.2, 0.25) is 10.0 Å². The van der Waals surface area contributed by atoms with Crippen molar-refractivity contribution in [2.75, 3.05) is 25.9 Å². The first-order valence-corrected chi connectivity index (χ1v) is 9.01. The highest BCUT2D eigenvalue weighted by atomic mass is 35.5. The number of benzene rings is 1. The number of nitrogens with zero attached hydrogens (tertiary/aromatic N) is 1. The topological polar surface area (TPSA) is 75.4 Å². The standard InChI is InChI=1S/C14H22ClN3O2S/c1-18(12-4-2-3-5-12)9-8-17-21(19,20)14-7-6-11(15)10-13(14)16/h6-7,10,12,17H,2-5,8-9,16H2,1H3. The number of rotatable bonds is 6. The zero-order valence-electron chi connectivity index (χ0n) is 12.2. The summed E-state index contributed by atoms with van der Waals surface area (Å²) in [5.74, 6) is 0. The summed E-state index contributed by atoms with van der Waals surface area (Å²) in [4.78, 5) is 2.30. The molecule has 5 nitrogen and oxygen atoms in total. The second-order valence-electron chi connectivity index (χ2n) is 5.50. The number of hydrogen-bond donors (Lipinski definition) is 2. The van der Waals surface area contributed by atoms with Gasteiger partial charge in [-0.3, -0.25) is 0 Å². The van der Waals surface area contributed by atoms with Crippen LogP contribution in [0.25, 0.3) is 0 Å². The van der Waals surface area contributed by atoms with Crippen LogP contribution in [0.3, 0.4) is 0 Å². The molecule has 0 aromatic heterocycles. The van der Waals surface area contributed by atoms with Crippen LogP contribution in [0, 0.1) is 0 Å². The molecule has 0 saturated heterocycles. The second-order valence-corrected chi connectivity index (χ2v) is 7.67. The fourth-order valence-corrected chi connectivity index (χ4v) is 4.04. The summed E-state index contributed by atoms with van der Waals surface area (Å²) in [6.07, 6.45) is 4.94. The summed E-state index contributed by atoms with van der Waals surface area (Å²) in [5, 5.41) is 0.424. The fourth-order valence-electron chi connectivity index (χ4n) is 2.73. The molecule has 0 heterocycles. The fraction of sp³-hybridized carbons (Fsp3) is 0.571. The molecule has 1 aliphatic carbocycles. The first kappa shape index (κ1) is 16.5. The first-order chi connectivity index (χ1) is 9.90. The molecule has 7 heteroatoms. The van der Waals surface area contributed by atoms with Gasteiger partial charge in [-0.2, -0.15) is 0 Å². The van der Waals surface area contributed by atoms with E-state index in [4.69, 9.17) is 17.3 Å². The molecule has 1 saturated carbocycles. The van der Waals surface area contributed by atoms with Crippen LogP contribution in [0.4, 0.5) is 5.69 Å². The zero-order chi connectivity index (χ0) is 15.5. The summed E-state index contributed by atoms with van der Waals surface area (Å²) in [6, 6.07) is 4.98. The number of anilines is 1. The lowest BCUT2D eigenvalue weighted by Gasteiger charge is -2.23. The highest BCUT2D eigenvalue weighted by molar-refractivity contribution is 7.89. The number of nitrogen functional groups attached to an aromatic ring is 1. The van der Waals surface area contributed by atoms with Crippen molar-refractivity contribution in [3.63, 3.8) is 0 Å². The minimum Gasteiger partial charge on any atom is -0.398 e. The van der Waals surface area contributed by atoms with Gasteiger partial charge in [-0.25, -0.2) is 13.1 Å². The monoisotopic (exact) mass is 331 g/mol. The lowest BCUT2D eigenvalue weighted by atomic mass is 10.2. The van der Waals surface area contributed by atoms with E-state index in [-0.39, 0.29) is 10.6 Å². The SMILES string of the molecule is CN(CCNS(=O)(=O)c1ccc(Cl)cc1N)C1CCCC1. The average Bonchev–Trinajstić information content (AvgIpc) is 2.91. The molecule has 1 aromatic rings. The zero-order valence-corrected chi connectivity index (χ0v) is 13.8. The van der Waals surface area contributed by atoms with Gasteiger partial charge < -0.3 is 10.6 Å². The lowest BCUT2D eigenvalue weighted by molar-refractivity contribution is 0.250. The molecule has 21 heavy (non-hydrogen) atoms. The van der Waals surface area contributed by atoms with Crippen LogP contribution in [0.5, 0.6) is 0 Å². The Hall–Kier alpha value is -0.820. The predicted molar refractivity (Wildman–Crippen MR) is 85.9 cm³/mol. The van der Waals surface area contributed by atoms with Crippen LogP contribution in [-0.2, 0) is 10.0 Å². The number of likely N-dealkylation sites (N-methyl/N-ethyl adjacent to an activating group) is 1. The number of halogens is 1. The van der Waals surface area contributed by atoms with Gasteiger partial charge in [0, 0.05) is 24.2 Å². The van der Waals surface area contributed by atoms with Gasteiger partial charge in [0.05, 0.1) is 5.69 Å². The number of nitrogens with one attached hydrogen (secondary N) is 1. The largest absolute Gasteiger partial charge is 0.398 e. The highest BCUT2D eigenvalue weighted by Crippen LogP contribution is 2.23. The summed E-state index contributed by atoms with van der Waals surface area (Å²) < 4.78 is 27.0. The van der Waals surface area contributed by atoms with Crippen LogP contribution in [-0.4, -0.2) is 39.5 Å². The van der Waals surface area contributed by atoms with E-state index in [0.29, 0.717) is 24.2 Å². The first-order valence-electron chi connectivity index (χ1n) is 7.15. The summed E-state index contributed by atoms with van der Waals surface area (Å²) in [6.45, 7) is 1.06. The van der Waals surface area contributed by atoms with Gasteiger partial charge in [0.1, 0.15) is 4.90 Å². The Labute approximate surface area is 131 Å². The molecule has 118 valence electrons. The minimum atomic E-state index is -3.59. The average molecular weight is 332 g/mol. The van der Waals surface area contributed by atoms with Gasteiger partial charge >= 0.3 is 0 Å². The molecule has 3 N–H and O–H groups in total. The van der Waals surface area contributed by atoms with E-state index in [0.717, 1.165) is 0 Å². The van der Waals surface area contributed by atoms with E-state index >= 15 is 0 Å². The van der Waals surface area contributed by atoms with E-state index in [1.807, 2.05) is 7.05 Å². The molecular formula is C14H22ClN3O2S. The van der Waals surface area contributed by atoms with Crippen LogP contribution in [0.15, 0.2) is 23.1 Å². The van der Waals surface area contributed by atoms with E-state index < -0.39 is 10.0 Å². The molecule has 1 aromatic carbocycles. The lowest BCUT2D eigenvalue weighted by Crippen LogP contribution is -2.37. The Bertz CT molecular complexity index is 586. The molecule has 2 rings (SSSR count). The van der Waals surface area contributed by atoms with Crippen LogP contribution < -0.4 is 10.5 Å². The van der Waals surface area contributed by atoms with E-state index in [9.17, 15) is 8.42 Å². The number of sulfonamides is 1. The van der Waals surface area contributed by atoms with Gasteiger partial charge in [0.15, 0.2) is 0 Å². The molecule has 0 atom stereocenters. The summed E-state index contributed by atoms with van der Waals surface area (Å²) in [7, 11) is -1.54. The maximum atomic E-state index is 12.2. The van der Waals surface area contributed by atoms with E-state index in [1.165, 1.54) is 43.9 Å². The van der Waals surface area contributed by atoms with Crippen LogP contribution in [0.1, 0.15) is 25.7 Å². The molecule has 0 spiro atoms. The third-order valence-electron chi connectivity index (χ3n) is 3.97. The number of nitrogens with two attached hydrogens (primary N) is 1. The maximum Gasteiger partial charge on any atom is 0.242 e. The van der Waals surface area contributed by atoms with E-state index in [2.05, 4.69) is 9.62 Å². The van der Waals surface area contributed by atoms with Crippen molar-refractivity contribution < 1.29 is 8.42 Å². The molecular weight excluding hydrogens is 310 g/mol. The molecule has 1 aliphatic rings. The Morgan fingerprint density at radius 2 is 2.05 bits per heavy atom. The van der Waals surface area contributed by atoms with Crippen molar-refractivity contribution >= 4 is 27.3 Å². The molecule has 1 fully saturated rings. The van der Waals surface area contributed by atoms with Crippen molar-refractivity contribution in [1.82, 2.24) is 9.62 Å². The quantitative estimate of drug-likeness (QED) is 0.782. The Morgan fingerprint density at radius 3 is 2.67 bits per heavy atom. The maximum absolute atomic E-state index is 12.2. The Balaban J connectivity index is 1.92. The van der Waals surface area contributed by atoms with Crippen molar-refractivity contribution in [2.45, 2.75) is 36.6 Å². The smallest absolute Gasteiger partial charge is 0.242 e. The molecule has 0 unspecified atom stereocenters. The van der Waals surface area contributed by atoms with Gasteiger partial charge in [-0.15, -0.1) is 0 Å². The minimum absolute atomic E-state index is 0.0791. The number of hydrogen-bond acceptors (Lipinski definition) is 4. The van der Waals surface area contributed by atoms with Crippen molar-refractivity contribution in [2.24, 2.45) is 0 Å². The summed E-state index contributed by atoms with van der Waals surface area (Å²) >= 11 is 5.78.